The van der Waals surface area contributed by atoms with Crippen molar-refractivity contribution in [3.05, 3.63) is 30.1 Å². The first-order valence-electron chi connectivity index (χ1n) is 4.71. The second-order valence-electron chi connectivity index (χ2n) is 3.58. The summed E-state index contributed by atoms with van der Waals surface area (Å²) in [6.07, 6.45) is 2.08. The van der Waals surface area contributed by atoms with Gasteiger partial charge in [-0.25, -0.2) is 0 Å². The van der Waals surface area contributed by atoms with E-state index in [0.717, 1.165) is 5.69 Å². The molecule has 0 bridgehead atoms. The fraction of sp³-hybridized carbons (Fsp3) is 0.545. The standard InChI is InChI=1S/C11H17NO/c1-9(2)10(3)13-8-11-6-4-5-7-12-11/h4-7,9-10H,8H2,1-3H3/t10-/m1/s1. The maximum Gasteiger partial charge on any atom is 0.0891 e. The number of hydrogen-bond donors (Lipinski definition) is 0. The Hall–Kier alpha value is -0.890. The van der Waals surface area contributed by atoms with Crippen LogP contribution in [0.3, 0.4) is 0 Å². The van der Waals surface area contributed by atoms with Gasteiger partial charge in [0.15, 0.2) is 0 Å². The molecular weight excluding hydrogens is 162 g/mol. The Bertz CT molecular complexity index is 233. The Kier molecular flexibility index (Phi) is 3.90. The summed E-state index contributed by atoms with van der Waals surface area (Å²) >= 11 is 0. The third kappa shape index (κ3) is 3.55. The lowest BCUT2D eigenvalue weighted by Crippen LogP contribution is -2.15. The topological polar surface area (TPSA) is 22.1 Å². The molecule has 0 fully saturated rings. The van der Waals surface area contributed by atoms with Crippen LogP contribution in [0.15, 0.2) is 24.4 Å². The highest BCUT2D eigenvalue weighted by Gasteiger charge is 2.06. The monoisotopic (exact) mass is 179 g/mol. The molecule has 1 aromatic heterocycles. The lowest BCUT2D eigenvalue weighted by Gasteiger charge is -2.15. The van der Waals surface area contributed by atoms with Gasteiger partial charge in [0, 0.05) is 6.20 Å². The van der Waals surface area contributed by atoms with E-state index in [2.05, 4.69) is 25.8 Å². The maximum absolute atomic E-state index is 5.63. The highest BCUT2D eigenvalue weighted by molar-refractivity contribution is 5.01. The summed E-state index contributed by atoms with van der Waals surface area (Å²) in [4.78, 5) is 4.19. The van der Waals surface area contributed by atoms with Crippen molar-refractivity contribution in [1.29, 1.82) is 0 Å². The van der Waals surface area contributed by atoms with Crippen LogP contribution >= 0.6 is 0 Å². The van der Waals surface area contributed by atoms with Gasteiger partial charge < -0.3 is 4.74 Å². The van der Waals surface area contributed by atoms with Crippen LogP contribution in [0.25, 0.3) is 0 Å². The number of ether oxygens (including phenoxy) is 1. The van der Waals surface area contributed by atoms with Crippen LogP contribution in [0.4, 0.5) is 0 Å². The molecule has 2 nitrogen and oxygen atoms in total. The van der Waals surface area contributed by atoms with E-state index >= 15 is 0 Å². The molecule has 1 heterocycles. The SMILES string of the molecule is CC(C)[C@@H](C)OCc1ccccn1. The van der Waals surface area contributed by atoms with E-state index in [1.165, 1.54) is 0 Å². The summed E-state index contributed by atoms with van der Waals surface area (Å²) < 4.78 is 5.63. The molecule has 0 radical (unpaired) electrons. The van der Waals surface area contributed by atoms with E-state index < -0.39 is 0 Å². The van der Waals surface area contributed by atoms with Crippen LogP contribution in [-0.4, -0.2) is 11.1 Å². The average Bonchev–Trinajstić information content (AvgIpc) is 2.15. The predicted octanol–water partition coefficient (Wildman–Crippen LogP) is 2.64. The van der Waals surface area contributed by atoms with E-state index in [-0.39, 0.29) is 0 Å². The Labute approximate surface area is 80.0 Å². The quantitative estimate of drug-likeness (QED) is 0.709. The van der Waals surface area contributed by atoms with Crippen LogP contribution in [0.1, 0.15) is 26.5 Å². The molecule has 2 heteroatoms. The minimum atomic E-state index is 0.294. The minimum absolute atomic E-state index is 0.294. The third-order valence-corrected chi connectivity index (χ3v) is 2.16. The Morgan fingerprint density at radius 1 is 1.31 bits per heavy atom. The van der Waals surface area contributed by atoms with Gasteiger partial charge in [-0.3, -0.25) is 4.98 Å². The van der Waals surface area contributed by atoms with E-state index in [1.54, 1.807) is 6.20 Å². The predicted molar refractivity (Wildman–Crippen MR) is 53.3 cm³/mol. The Balaban J connectivity index is 2.35. The molecule has 0 aliphatic carbocycles. The molecule has 0 unspecified atom stereocenters. The molecule has 1 rings (SSSR count). The second kappa shape index (κ2) is 4.97. The molecule has 0 aliphatic rings. The van der Waals surface area contributed by atoms with Gasteiger partial charge in [-0.15, -0.1) is 0 Å². The molecule has 0 aromatic carbocycles. The van der Waals surface area contributed by atoms with Crippen LogP contribution in [0.2, 0.25) is 0 Å². The molecule has 1 atom stereocenters. The summed E-state index contributed by atoms with van der Waals surface area (Å²) in [6.45, 7) is 7.01. The van der Waals surface area contributed by atoms with Crippen molar-refractivity contribution in [2.75, 3.05) is 0 Å². The number of hydrogen-bond acceptors (Lipinski definition) is 2. The first kappa shape index (κ1) is 10.2. The van der Waals surface area contributed by atoms with Crippen LogP contribution in [0, 0.1) is 5.92 Å². The molecule has 72 valence electrons. The molecule has 0 saturated carbocycles. The normalized spacial score (nSPS) is 13.2. The number of pyridine rings is 1. The first-order chi connectivity index (χ1) is 6.20. The largest absolute Gasteiger partial charge is 0.372 e. The average molecular weight is 179 g/mol. The van der Waals surface area contributed by atoms with Gasteiger partial charge >= 0.3 is 0 Å². The fourth-order valence-corrected chi connectivity index (χ4v) is 0.893. The molecule has 0 amide bonds. The van der Waals surface area contributed by atoms with E-state index in [0.29, 0.717) is 18.6 Å². The third-order valence-electron chi connectivity index (χ3n) is 2.16. The lowest BCUT2D eigenvalue weighted by atomic mass is 10.1. The van der Waals surface area contributed by atoms with Gasteiger partial charge in [-0.2, -0.15) is 0 Å². The number of aromatic nitrogens is 1. The van der Waals surface area contributed by atoms with E-state index in [4.69, 9.17) is 4.74 Å². The van der Waals surface area contributed by atoms with Crippen molar-refractivity contribution in [1.82, 2.24) is 4.98 Å². The Morgan fingerprint density at radius 3 is 2.62 bits per heavy atom. The number of rotatable bonds is 4. The van der Waals surface area contributed by atoms with Gasteiger partial charge in [0.2, 0.25) is 0 Å². The minimum Gasteiger partial charge on any atom is -0.372 e. The zero-order chi connectivity index (χ0) is 9.68. The summed E-state index contributed by atoms with van der Waals surface area (Å²) in [6, 6.07) is 5.87. The fourth-order valence-electron chi connectivity index (χ4n) is 0.893. The lowest BCUT2D eigenvalue weighted by molar-refractivity contribution is 0.0218. The van der Waals surface area contributed by atoms with Crippen molar-refractivity contribution in [2.45, 2.75) is 33.5 Å². The zero-order valence-corrected chi connectivity index (χ0v) is 8.53. The van der Waals surface area contributed by atoms with Crippen molar-refractivity contribution < 1.29 is 4.74 Å². The van der Waals surface area contributed by atoms with Crippen molar-refractivity contribution in [3.8, 4) is 0 Å². The van der Waals surface area contributed by atoms with Crippen molar-refractivity contribution >= 4 is 0 Å². The maximum atomic E-state index is 5.63. The Morgan fingerprint density at radius 2 is 2.08 bits per heavy atom. The van der Waals surface area contributed by atoms with Crippen molar-refractivity contribution in [2.24, 2.45) is 5.92 Å². The molecule has 0 saturated heterocycles. The van der Waals surface area contributed by atoms with E-state index in [9.17, 15) is 0 Å². The summed E-state index contributed by atoms with van der Waals surface area (Å²) in [7, 11) is 0. The molecule has 0 N–H and O–H groups in total. The van der Waals surface area contributed by atoms with E-state index in [1.807, 2.05) is 18.2 Å². The zero-order valence-electron chi connectivity index (χ0n) is 8.53. The van der Waals surface area contributed by atoms with Gasteiger partial charge in [0.1, 0.15) is 0 Å². The van der Waals surface area contributed by atoms with Gasteiger partial charge in [-0.1, -0.05) is 19.9 Å². The van der Waals surface area contributed by atoms with Crippen LogP contribution < -0.4 is 0 Å². The van der Waals surface area contributed by atoms with Crippen LogP contribution in [0.5, 0.6) is 0 Å². The van der Waals surface area contributed by atoms with Gasteiger partial charge in [0.05, 0.1) is 18.4 Å². The summed E-state index contributed by atoms with van der Waals surface area (Å²) in [5.41, 5.74) is 0.995. The molecular formula is C11H17NO. The molecule has 0 spiro atoms. The molecule has 13 heavy (non-hydrogen) atoms. The second-order valence-corrected chi connectivity index (χ2v) is 3.58. The molecule has 0 aliphatic heterocycles. The van der Waals surface area contributed by atoms with Gasteiger partial charge in [-0.05, 0) is 25.0 Å². The highest BCUT2D eigenvalue weighted by Crippen LogP contribution is 2.07. The highest BCUT2D eigenvalue weighted by atomic mass is 16.5. The number of nitrogens with zero attached hydrogens (tertiary/aromatic N) is 1. The smallest absolute Gasteiger partial charge is 0.0891 e. The van der Waals surface area contributed by atoms with Gasteiger partial charge in [0.25, 0.3) is 0 Å². The molecule has 1 aromatic rings. The van der Waals surface area contributed by atoms with Crippen molar-refractivity contribution in [3.63, 3.8) is 0 Å². The summed E-state index contributed by atoms with van der Waals surface area (Å²) in [5.74, 6) is 0.559. The van der Waals surface area contributed by atoms with Crippen LogP contribution in [-0.2, 0) is 11.3 Å². The first-order valence-corrected chi connectivity index (χ1v) is 4.71. The summed E-state index contributed by atoms with van der Waals surface area (Å²) in [5, 5.41) is 0.